The van der Waals surface area contributed by atoms with Crippen LogP contribution in [-0.2, 0) is 27.3 Å². The Labute approximate surface area is 152 Å². The average Bonchev–Trinajstić information content (AvgIpc) is 2.55. The van der Waals surface area contributed by atoms with Crippen molar-refractivity contribution in [3.8, 4) is 12.1 Å². The SMILES string of the molecule is N#Cc1ccccc1C(=O)O.N#Cc1ccccc1C(=O)O.[Cd]. The van der Waals surface area contributed by atoms with Crippen LogP contribution in [0.4, 0.5) is 0 Å². The van der Waals surface area contributed by atoms with Crippen molar-refractivity contribution in [2.75, 3.05) is 0 Å². The molecule has 0 aliphatic carbocycles. The predicted molar refractivity (Wildman–Crippen MR) is 76.2 cm³/mol. The fourth-order valence-electron chi connectivity index (χ4n) is 1.53. The van der Waals surface area contributed by atoms with Gasteiger partial charge in [0.1, 0.15) is 12.1 Å². The predicted octanol–water partition coefficient (Wildman–Crippen LogP) is 2.51. The van der Waals surface area contributed by atoms with E-state index >= 15 is 0 Å². The largest absolute Gasteiger partial charge is 0.478 e. The fraction of sp³-hybridized carbons (Fsp3) is 0. The van der Waals surface area contributed by atoms with Crippen LogP contribution in [0.3, 0.4) is 0 Å². The summed E-state index contributed by atoms with van der Waals surface area (Å²) in [5.74, 6) is -2.13. The Morgan fingerprint density at radius 2 is 1.04 bits per heavy atom. The molecule has 0 bridgehead atoms. The summed E-state index contributed by atoms with van der Waals surface area (Å²) in [6.45, 7) is 0. The van der Waals surface area contributed by atoms with Crippen molar-refractivity contribution in [3.63, 3.8) is 0 Å². The van der Waals surface area contributed by atoms with Gasteiger partial charge in [-0.25, -0.2) is 9.59 Å². The van der Waals surface area contributed by atoms with E-state index in [0.717, 1.165) is 0 Å². The maximum absolute atomic E-state index is 10.4. The van der Waals surface area contributed by atoms with Crippen molar-refractivity contribution >= 4 is 11.9 Å². The van der Waals surface area contributed by atoms with Crippen molar-refractivity contribution in [2.45, 2.75) is 0 Å². The third-order valence-electron chi connectivity index (χ3n) is 2.56. The normalized spacial score (nSPS) is 8.26. The van der Waals surface area contributed by atoms with Crippen LogP contribution in [0, 0.1) is 22.7 Å². The van der Waals surface area contributed by atoms with Crippen LogP contribution in [0.1, 0.15) is 31.8 Å². The standard InChI is InChI=1S/2C8H5NO2.Cd/c2*9-5-6-3-1-2-4-7(6)8(10)11;/h2*1-4H,(H,10,11);. The molecule has 0 atom stereocenters. The monoisotopic (exact) mass is 408 g/mol. The van der Waals surface area contributed by atoms with E-state index in [0.29, 0.717) is 0 Å². The van der Waals surface area contributed by atoms with Gasteiger partial charge < -0.3 is 10.2 Å². The minimum atomic E-state index is -1.07. The smallest absolute Gasteiger partial charge is 0.337 e. The summed E-state index contributed by atoms with van der Waals surface area (Å²) >= 11 is 0. The van der Waals surface area contributed by atoms with Gasteiger partial charge in [-0.05, 0) is 24.3 Å². The quantitative estimate of drug-likeness (QED) is 0.739. The first-order valence-electron chi connectivity index (χ1n) is 5.96. The molecule has 0 fully saturated rings. The average molecular weight is 407 g/mol. The van der Waals surface area contributed by atoms with Gasteiger partial charge in [0.25, 0.3) is 0 Å². The van der Waals surface area contributed by atoms with Crippen molar-refractivity contribution < 1.29 is 47.1 Å². The van der Waals surface area contributed by atoms with Crippen LogP contribution in [0.2, 0.25) is 0 Å². The molecule has 0 aliphatic rings. The Balaban J connectivity index is 0.000000403. The number of carboxylic acids is 2. The Morgan fingerprint density at radius 1 is 0.739 bits per heavy atom. The summed E-state index contributed by atoms with van der Waals surface area (Å²) in [6, 6.07) is 15.8. The Morgan fingerprint density at radius 3 is 1.26 bits per heavy atom. The molecule has 0 unspecified atom stereocenters. The number of hydrogen-bond acceptors (Lipinski definition) is 4. The Hall–Kier alpha value is -2.72. The maximum atomic E-state index is 10.4. The van der Waals surface area contributed by atoms with Gasteiger partial charge in [0, 0.05) is 27.3 Å². The van der Waals surface area contributed by atoms with Crippen LogP contribution >= 0.6 is 0 Å². The zero-order valence-electron chi connectivity index (χ0n) is 11.9. The molecule has 0 saturated heterocycles. The molecule has 6 nitrogen and oxygen atoms in total. The topological polar surface area (TPSA) is 122 Å². The van der Waals surface area contributed by atoms with E-state index in [2.05, 4.69) is 0 Å². The molecule has 0 saturated carbocycles. The van der Waals surface area contributed by atoms with Crippen molar-refractivity contribution in [1.29, 1.82) is 10.5 Å². The molecule has 0 aliphatic heterocycles. The van der Waals surface area contributed by atoms with E-state index in [1.807, 2.05) is 0 Å². The van der Waals surface area contributed by atoms with Crippen molar-refractivity contribution in [3.05, 3.63) is 70.8 Å². The first kappa shape index (κ1) is 20.3. The number of rotatable bonds is 2. The van der Waals surface area contributed by atoms with Crippen LogP contribution in [0.5, 0.6) is 0 Å². The first-order valence-corrected chi connectivity index (χ1v) is 5.96. The van der Waals surface area contributed by atoms with E-state index in [9.17, 15) is 9.59 Å². The molecule has 0 spiro atoms. The zero-order chi connectivity index (χ0) is 16.5. The van der Waals surface area contributed by atoms with Crippen LogP contribution in [0.15, 0.2) is 48.5 Å². The summed E-state index contributed by atoms with van der Waals surface area (Å²) in [5, 5.41) is 34.0. The Kier molecular flexibility index (Phi) is 8.89. The molecule has 2 N–H and O–H groups in total. The number of benzene rings is 2. The van der Waals surface area contributed by atoms with Crippen molar-refractivity contribution in [2.24, 2.45) is 0 Å². The second-order valence-electron chi connectivity index (χ2n) is 3.93. The van der Waals surface area contributed by atoms with Gasteiger partial charge in [-0.15, -0.1) is 0 Å². The summed E-state index contributed by atoms with van der Waals surface area (Å²) in [5.41, 5.74) is 0.491. The second-order valence-corrected chi connectivity index (χ2v) is 3.93. The summed E-state index contributed by atoms with van der Waals surface area (Å²) in [7, 11) is 0. The minimum absolute atomic E-state index is 0. The van der Waals surface area contributed by atoms with E-state index in [4.69, 9.17) is 20.7 Å². The molecule has 2 aromatic rings. The van der Waals surface area contributed by atoms with E-state index in [1.165, 1.54) is 24.3 Å². The third kappa shape index (κ3) is 5.89. The van der Waals surface area contributed by atoms with Crippen LogP contribution in [0.25, 0.3) is 0 Å². The number of carbonyl (C=O) groups is 2. The zero-order valence-corrected chi connectivity index (χ0v) is 16.0. The molecule has 2 aromatic carbocycles. The molecular weight excluding hydrogens is 397 g/mol. The molecule has 7 heteroatoms. The molecule has 2 rings (SSSR count). The minimum Gasteiger partial charge on any atom is -0.478 e. The molecule has 0 radical (unpaired) electrons. The molecule has 0 heterocycles. The van der Waals surface area contributed by atoms with Gasteiger partial charge in [0.15, 0.2) is 0 Å². The molecule has 0 aromatic heterocycles. The molecule has 23 heavy (non-hydrogen) atoms. The van der Waals surface area contributed by atoms with Gasteiger partial charge >= 0.3 is 11.9 Å². The Bertz CT molecular complexity index is 724. The van der Waals surface area contributed by atoms with Crippen molar-refractivity contribution in [1.82, 2.24) is 0 Å². The molecule has 0 amide bonds. The summed E-state index contributed by atoms with van der Waals surface area (Å²) in [4.78, 5) is 20.9. The number of carboxylic acid groups (broad SMARTS) is 2. The number of nitrogens with zero attached hydrogens (tertiary/aromatic N) is 2. The van der Waals surface area contributed by atoms with E-state index < -0.39 is 11.9 Å². The van der Waals surface area contributed by atoms with Gasteiger partial charge in [-0.2, -0.15) is 10.5 Å². The van der Waals surface area contributed by atoms with Gasteiger partial charge in [-0.1, -0.05) is 24.3 Å². The number of aromatic carboxylic acids is 2. The summed E-state index contributed by atoms with van der Waals surface area (Å²) in [6.07, 6.45) is 0. The number of nitriles is 2. The molecular formula is C16H10CdN2O4. The second kappa shape index (κ2) is 10.1. The third-order valence-corrected chi connectivity index (χ3v) is 2.56. The van der Waals surface area contributed by atoms with Gasteiger partial charge in [-0.3, -0.25) is 0 Å². The van der Waals surface area contributed by atoms with Gasteiger partial charge in [0.05, 0.1) is 22.3 Å². The molecule has 110 valence electrons. The van der Waals surface area contributed by atoms with Crippen LogP contribution in [-0.4, -0.2) is 22.2 Å². The van der Waals surface area contributed by atoms with Gasteiger partial charge in [0.2, 0.25) is 0 Å². The van der Waals surface area contributed by atoms with Crippen LogP contribution < -0.4 is 0 Å². The summed E-state index contributed by atoms with van der Waals surface area (Å²) < 4.78 is 0. The first-order chi connectivity index (χ1) is 10.5. The van der Waals surface area contributed by atoms with E-state index in [1.54, 1.807) is 36.4 Å². The number of hydrogen-bond donors (Lipinski definition) is 2. The van der Waals surface area contributed by atoms with E-state index in [-0.39, 0.29) is 49.6 Å². The fourth-order valence-corrected chi connectivity index (χ4v) is 1.53. The maximum Gasteiger partial charge on any atom is 0.337 e.